The predicted octanol–water partition coefficient (Wildman–Crippen LogP) is 3.72. The van der Waals surface area contributed by atoms with Crippen LogP contribution in [0.3, 0.4) is 0 Å². The Kier molecular flexibility index (Phi) is 18.9. The van der Waals surface area contributed by atoms with E-state index in [2.05, 4.69) is 20.9 Å². The van der Waals surface area contributed by atoms with Gasteiger partial charge in [0.15, 0.2) is 18.7 Å². The molecule has 7 N–H and O–H groups in total. The number of aliphatic hydroxyl groups excluding tert-OH is 1. The Labute approximate surface area is 374 Å². The van der Waals surface area contributed by atoms with E-state index in [1.807, 2.05) is 41.7 Å². The van der Waals surface area contributed by atoms with Crippen LogP contribution in [0.15, 0.2) is 18.3 Å². The monoisotopic (exact) mass is 903 g/mol. The van der Waals surface area contributed by atoms with Crippen molar-refractivity contribution >= 4 is 17.6 Å². The Hall–Kier alpha value is -1.77. The summed E-state index contributed by atoms with van der Waals surface area (Å²) < 4.78 is 45.7. The summed E-state index contributed by atoms with van der Waals surface area (Å²) in [6, 6.07) is 2.48. The molecule has 4 heterocycles. The van der Waals surface area contributed by atoms with Gasteiger partial charge in [-0.3, -0.25) is 4.79 Å². The summed E-state index contributed by atoms with van der Waals surface area (Å²) in [5.41, 5.74) is -6.02. The topological polar surface area (TPSA) is 212 Å². The molecule has 0 spiro atoms. The molecule has 17 heteroatoms. The largest absolute Gasteiger partial charge is 0.467 e. The number of cyclic esters (lactones) is 1. The molecule has 0 saturated carbocycles. The minimum Gasteiger partial charge on any atom is -0.467 e. The van der Waals surface area contributed by atoms with Crippen molar-refractivity contribution in [3.05, 3.63) is 23.4 Å². The lowest BCUT2D eigenvalue weighted by atomic mass is 9.75. The maximum Gasteiger partial charge on any atom is 0.311 e. The van der Waals surface area contributed by atoms with Gasteiger partial charge >= 0.3 is 5.97 Å². The van der Waals surface area contributed by atoms with Crippen LogP contribution in [0.2, 0.25) is 5.02 Å². The smallest absolute Gasteiger partial charge is 0.311 e. The molecule has 62 heavy (non-hydrogen) atoms. The van der Waals surface area contributed by atoms with E-state index in [0.29, 0.717) is 30.4 Å². The van der Waals surface area contributed by atoms with Crippen molar-refractivity contribution in [2.24, 2.45) is 17.8 Å². The quantitative estimate of drug-likeness (QED) is 0.111. The molecule has 1 aromatic heterocycles. The number of likely N-dealkylation sites (N-methyl/N-ethyl adjacent to an activating group) is 1. The Morgan fingerprint density at radius 3 is 2.29 bits per heavy atom. The molecule has 1 aromatic rings. The van der Waals surface area contributed by atoms with Crippen molar-refractivity contribution in [1.82, 2.24) is 20.9 Å². The third kappa shape index (κ3) is 12.2. The highest BCUT2D eigenvalue weighted by Crippen LogP contribution is 2.43. The number of carbonyl (C=O) groups excluding carboxylic acids is 1. The molecule has 3 aliphatic heterocycles. The highest BCUT2D eigenvalue weighted by molar-refractivity contribution is 6.30. The molecule has 0 unspecified atom stereocenters. The molecule has 0 amide bonds. The Morgan fingerprint density at radius 2 is 1.69 bits per heavy atom. The van der Waals surface area contributed by atoms with Gasteiger partial charge in [0.25, 0.3) is 0 Å². The van der Waals surface area contributed by atoms with Gasteiger partial charge in [-0.15, -0.1) is 0 Å². The second-order valence-electron chi connectivity index (χ2n) is 19.0. The zero-order valence-corrected chi connectivity index (χ0v) is 40.1. The summed E-state index contributed by atoms with van der Waals surface area (Å²) in [6.45, 7) is 21.0. The first-order valence-corrected chi connectivity index (χ1v) is 23.0. The van der Waals surface area contributed by atoms with Crippen molar-refractivity contribution in [2.45, 2.75) is 198 Å². The lowest BCUT2D eigenvalue weighted by Gasteiger charge is -2.53. The normalized spacial score (nSPS) is 44.2. The molecule has 0 bridgehead atoms. The van der Waals surface area contributed by atoms with Gasteiger partial charge in [-0.2, -0.15) is 0 Å². The molecule has 4 rings (SSSR count). The minimum atomic E-state index is -1.83. The van der Waals surface area contributed by atoms with Crippen LogP contribution >= 0.6 is 11.6 Å². The Morgan fingerprint density at radius 1 is 1.00 bits per heavy atom. The average Bonchev–Trinajstić information content (AvgIpc) is 3.22. The number of nitrogens with zero attached hydrogens (tertiary/aromatic N) is 1. The highest BCUT2D eigenvalue weighted by Gasteiger charge is 2.58. The van der Waals surface area contributed by atoms with Gasteiger partial charge in [-0.05, 0) is 106 Å². The fraction of sp³-hybridized carbons (Fsp3) is 0.867. The first kappa shape index (κ1) is 52.9. The number of esters is 1. The number of nitrogens with one attached hydrogen (secondary N) is 3. The standard InChI is InChI=1S/C45H79ClN4O12/c1-14-18-48-24-45(55)30(8)58-35(21-43(45,10)56-13)61-36-27(5)39(62-41-37(32(47-12)19-26(4)57-41)60-34-17-16-31(46)23-50-34)42(9,53)20-25(3)22-49-29(7)38(51)44(11,54)33(15-2)59-40(52)28(36)6/h16-17,23,25-30,32-33,35-39,41,47-49,51,53-55H,14-15,18-22,24H2,1-13H3/t25-,26-,27+,28-,29-,30+,32+,33-,35+,36+,37-,38-,39-,41+,42-,43-,44-,45+/m1/s1. The molecule has 0 radical (unpaired) electrons. The SMILES string of the molecule is CCCNC[C@]1(O)[C@H](C)O[C@@H](O[C@H]2[C@H](C)[C@@H](O[C@@H]3O[C@H](C)C[C@H](NC)[C@H]3Oc3ccc(Cl)cn3)[C@](C)(O)C[C@@H](C)CN[C@H](C)[C@@H](O)[C@](C)(O)[C@@H](CC)OC(=O)[C@@H]2C)C[C@@]1(C)OC. The number of aromatic nitrogens is 1. The summed E-state index contributed by atoms with van der Waals surface area (Å²) >= 11 is 6.16. The zero-order valence-electron chi connectivity index (χ0n) is 39.4. The van der Waals surface area contributed by atoms with Crippen molar-refractivity contribution in [3.63, 3.8) is 0 Å². The van der Waals surface area contributed by atoms with E-state index in [9.17, 15) is 25.2 Å². The lowest BCUT2D eigenvalue weighted by Crippen LogP contribution is -2.70. The molecule has 18 atom stereocenters. The molecule has 3 aliphatic rings. The van der Waals surface area contributed by atoms with E-state index in [0.717, 1.165) is 6.42 Å². The van der Waals surface area contributed by atoms with Crippen LogP contribution in [0.4, 0.5) is 0 Å². The molecular formula is C45H79ClN4O12. The first-order valence-electron chi connectivity index (χ1n) is 22.6. The van der Waals surface area contributed by atoms with Crippen molar-refractivity contribution < 1.29 is 58.4 Å². The van der Waals surface area contributed by atoms with Gasteiger partial charge < -0.3 is 69.5 Å². The fourth-order valence-electron chi connectivity index (χ4n) is 9.70. The number of hydrogen-bond donors (Lipinski definition) is 7. The van der Waals surface area contributed by atoms with Crippen LogP contribution in [0.5, 0.6) is 5.88 Å². The van der Waals surface area contributed by atoms with Gasteiger partial charge in [-0.1, -0.05) is 39.3 Å². The Balaban J connectivity index is 1.84. The molecule has 16 nitrogen and oxygen atoms in total. The molecule has 358 valence electrons. The van der Waals surface area contributed by atoms with Gasteiger partial charge in [0.05, 0.1) is 47.0 Å². The van der Waals surface area contributed by atoms with Crippen LogP contribution in [-0.2, 0) is 33.2 Å². The van der Waals surface area contributed by atoms with E-state index < -0.39 is 95.5 Å². The van der Waals surface area contributed by atoms with Crippen LogP contribution in [0.25, 0.3) is 0 Å². The number of methoxy groups -OCH3 is 1. The van der Waals surface area contributed by atoms with E-state index in [4.69, 9.17) is 44.8 Å². The van der Waals surface area contributed by atoms with Crippen molar-refractivity contribution in [2.75, 3.05) is 33.8 Å². The van der Waals surface area contributed by atoms with Gasteiger partial charge in [-0.25, -0.2) is 4.98 Å². The van der Waals surface area contributed by atoms with Crippen LogP contribution in [0.1, 0.15) is 108 Å². The van der Waals surface area contributed by atoms with E-state index >= 15 is 0 Å². The number of aliphatic hydroxyl groups is 4. The van der Waals surface area contributed by atoms with E-state index in [1.165, 1.54) is 20.2 Å². The second-order valence-corrected chi connectivity index (χ2v) is 19.4. The van der Waals surface area contributed by atoms with Crippen LogP contribution in [0, 0.1) is 17.8 Å². The lowest BCUT2D eigenvalue weighted by molar-refractivity contribution is -0.335. The summed E-state index contributed by atoms with van der Waals surface area (Å²) in [6.07, 6.45) is -4.95. The van der Waals surface area contributed by atoms with E-state index in [-0.39, 0.29) is 43.9 Å². The summed E-state index contributed by atoms with van der Waals surface area (Å²) in [5, 5.41) is 58.6. The molecule has 3 saturated heterocycles. The second kappa shape index (κ2) is 22.1. The van der Waals surface area contributed by atoms with E-state index in [1.54, 1.807) is 46.8 Å². The molecular weight excluding hydrogens is 824 g/mol. The number of carbonyl (C=O) groups is 1. The number of hydrogen-bond acceptors (Lipinski definition) is 16. The summed E-state index contributed by atoms with van der Waals surface area (Å²) in [4.78, 5) is 18.9. The number of halogens is 1. The van der Waals surface area contributed by atoms with Crippen molar-refractivity contribution in [3.8, 4) is 5.88 Å². The molecule has 3 fully saturated rings. The average molecular weight is 904 g/mol. The fourth-order valence-corrected chi connectivity index (χ4v) is 9.81. The summed E-state index contributed by atoms with van der Waals surface area (Å²) in [7, 11) is 3.37. The van der Waals surface area contributed by atoms with Gasteiger partial charge in [0.2, 0.25) is 5.88 Å². The minimum absolute atomic E-state index is 0.0846. The first-order chi connectivity index (χ1) is 29.0. The number of pyridine rings is 1. The van der Waals surface area contributed by atoms with Crippen molar-refractivity contribution in [1.29, 1.82) is 0 Å². The summed E-state index contributed by atoms with van der Waals surface area (Å²) in [5.74, 6) is -2.41. The predicted molar refractivity (Wildman–Crippen MR) is 235 cm³/mol. The van der Waals surface area contributed by atoms with Gasteiger partial charge in [0, 0.05) is 44.3 Å². The van der Waals surface area contributed by atoms with Crippen LogP contribution in [-0.4, -0.2) is 155 Å². The zero-order chi connectivity index (χ0) is 46.4. The third-order valence-corrected chi connectivity index (χ3v) is 13.9. The Bertz CT molecular complexity index is 1550. The third-order valence-electron chi connectivity index (χ3n) is 13.7. The highest BCUT2D eigenvalue weighted by atomic mass is 35.5. The maximum atomic E-state index is 14.5. The van der Waals surface area contributed by atoms with Gasteiger partial charge in [0.1, 0.15) is 29.0 Å². The number of ether oxygens (including phenoxy) is 7. The molecule has 0 aromatic carbocycles. The maximum absolute atomic E-state index is 14.5. The molecule has 0 aliphatic carbocycles. The number of rotatable bonds is 13. The van der Waals surface area contributed by atoms with Crippen LogP contribution < -0.4 is 20.7 Å².